The van der Waals surface area contributed by atoms with Gasteiger partial charge in [-0.05, 0) is 36.8 Å². The molecule has 0 heterocycles. The maximum atomic E-state index is 11.1. The highest BCUT2D eigenvalue weighted by Gasteiger charge is 2.20. The van der Waals surface area contributed by atoms with E-state index < -0.39 is 11.9 Å². The fourth-order valence-electron chi connectivity index (χ4n) is 2.53. The summed E-state index contributed by atoms with van der Waals surface area (Å²) in [5.74, 6) is -0.918. The second kappa shape index (κ2) is 9.61. The topological polar surface area (TPSA) is 63.3 Å². The Kier molecular flexibility index (Phi) is 8.55. The van der Waals surface area contributed by atoms with E-state index in [0.29, 0.717) is 27.4 Å². The van der Waals surface area contributed by atoms with Gasteiger partial charge in [0.15, 0.2) is 0 Å². The smallest absolute Gasteiger partial charge is 0.307 e. The summed E-state index contributed by atoms with van der Waals surface area (Å²) in [5.41, 5.74) is 6.49. The Labute approximate surface area is 146 Å². The highest BCUT2D eigenvalue weighted by Crippen LogP contribution is 2.33. The molecule has 22 heavy (non-hydrogen) atoms. The molecule has 0 fully saturated rings. The van der Waals surface area contributed by atoms with Crippen molar-refractivity contribution in [3.05, 3.63) is 32.8 Å². The fraction of sp³-hybridized carbons (Fsp3) is 0.562. The third-order valence-electron chi connectivity index (χ3n) is 4.00. The van der Waals surface area contributed by atoms with Crippen molar-refractivity contribution in [2.75, 3.05) is 6.54 Å². The molecule has 3 nitrogen and oxygen atoms in total. The molecule has 0 saturated heterocycles. The molecule has 0 amide bonds. The van der Waals surface area contributed by atoms with Gasteiger partial charge in [0, 0.05) is 6.54 Å². The molecule has 0 bridgehead atoms. The molecule has 0 aliphatic heterocycles. The van der Waals surface area contributed by atoms with Crippen molar-refractivity contribution in [1.29, 1.82) is 0 Å². The number of halogens is 3. The Morgan fingerprint density at radius 2 is 1.95 bits per heavy atom. The molecule has 6 heteroatoms. The zero-order valence-corrected chi connectivity index (χ0v) is 14.9. The monoisotopic (exact) mass is 365 g/mol. The second-order valence-electron chi connectivity index (χ2n) is 5.51. The summed E-state index contributed by atoms with van der Waals surface area (Å²) in [6.07, 6.45) is 4.23. The van der Waals surface area contributed by atoms with E-state index in [1.54, 1.807) is 6.07 Å². The summed E-state index contributed by atoms with van der Waals surface area (Å²) in [7, 11) is 0. The number of carboxylic acid groups (broad SMARTS) is 1. The summed E-state index contributed by atoms with van der Waals surface area (Å²) in [4.78, 5) is 11.1. The van der Waals surface area contributed by atoms with Gasteiger partial charge in [0.1, 0.15) is 0 Å². The summed E-state index contributed by atoms with van der Waals surface area (Å²) in [6, 6.07) is 3.63. The van der Waals surface area contributed by atoms with Gasteiger partial charge in [-0.1, -0.05) is 60.6 Å². The van der Waals surface area contributed by atoms with Crippen LogP contribution in [0.2, 0.25) is 15.1 Å². The minimum Gasteiger partial charge on any atom is -0.481 e. The van der Waals surface area contributed by atoms with Gasteiger partial charge >= 0.3 is 5.97 Å². The lowest BCUT2D eigenvalue weighted by Gasteiger charge is -2.19. The molecular formula is C16H22Cl3NO2. The Morgan fingerprint density at radius 1 is 1.27 bits per heavy atom. The third-order valence-corrected chi connectivity index (χ3v) is 5.34. The number of aryl methyl sites for hydroxylation is 1. The van der Waals surface area contributed by atoms with Crippen LogP contribution in [0.1, 0.15) is 38.2 Å². The minimum absolute atomic E-state index is 0.185. The van der Waals surface area contributed by atoms with Crippen molar-refractivity contribution in [3.8, 4) is 0 Å². The number of benzene rings is 1. The number of aliphatic carboxylic acids is 1. The lowest BCUT2D eigenvalue weighted by Crippen LogP contribution is -2.25. The van der Waals surface area contributed by atoms with E-state index in [0.717, 1.165) is 31.2 Å². The predicted octanol–water partition coefficient (Wildman–Crippen LogP) is 5.05. The number of rotatable bonds is 9. The normalized spacial score (nSPS) is 13.9. The third kappa shape index (κ3) is 5.62. The van der Waals surface area contributed by atoms with Gasteiger partial charge in [0.25, 0.3) is 0 Å². The standard InChI is InChI=1S/C16H22Cl3NO2/c1-2-10(8-12(9-20)16(21)22)4-3-5-11-6-7-13(17)15(19)14(11)18/h6-7,10,12H,2-5,8-9,20H2,1H3,(H,21,22). The van der Waals surface area contributed by atoms with Gasteiger partial charge in [-0.25, -0.2) is 0 Å². The Balaban J connectivity index is 2.54. The first kappa shape index (κ1) is 19.6. The van der Waals surface area contributed by atoms with Crippen molar-refractivity contribution in [1.82, 2.24) is 0 Å². The van der Waals surface area contributed by atoms with E-state index in [1.807, 2.05) is 6.07 Å². The zero-order valence-electron chi connectivity index (χ0n) is 12.6. The van der Waals surface area contributed by atoms with Crippen molar-refractivity contribution >= 4 is 40.8 Å². The van der Waals surface area contributed by atoms with Crippen LogP contribution in [0.5, 0.6) is 0 Å². The van der Waals surface area contributed by atoms with Gasteiger partial charge < -0.3 is 10.8 Å². The molecule has 1 rings (SSSR count). The number of carbonyl (C=O) groups is 1. The van der Waals surface area contributed by atoms with Crippen molar-refractivity contribution in [2.24, 2.45) is 17.6 Å². The van der Waals surface area contributed by atoms with Crippen LogP contribution in [0.15, 0.2) is 12.1 Å². The highest BCUT2D eigenvalue weighted by molar-refractivity contribution is 6.48. The SMILES string of the molecule is CCC(CCCc1ccc(Cl)c(Cl)c1Cl)CC(CN)C(=O)O. The van der Waals surface area contributed by atoms with Gasteiger partial charge in [0.05, 0.1) is 21.0 Å². The molecule has 0 aliphatic carbocycles. The van der Waals surface area contributed by atoms with E-state index in [1.165, 1.54) is 0 Å². The van der Waals surface area contributed by atoms with Gasteiger partial charge in [0.2, 0.25) is 0 Å². The van der Waals surface area contributed by atoms with Crippen LogP contribution in [0.4, 0.5) is 0 Å². The number of carboxylic acids is 1. The molecule has 0 saturated carbocycles. The lowest BCUT2D eigenvalue weighted by atomic mass is 9.88. The molecule has 124 valence electrons. The molecule has 0 radical (unpaired) electrons. The predicted molar refractivity (Wildman–Crippen MR) is 93.0 cm³/mol. The molecule has 0 spiro atoms. The second-order valence-corrected chi connectivity index (χ2v) is 6.67. The molecule has 1 aromatic rings. The van der Waals surface area contributed by atoms with Crippen molar-refractivity contribution < 1.29 is 9.90 Å². The van der Waals surface area contributed by atoms with Crippen LogP contribution in [-0.2, 0) is 11.2 Å². The maximum Gasteiger partial charge on any atom is 0.307 e. The summed E-state index contributed by atoms with van der Waals surface area (Å²) >= 11 is 18.1. The van der Waals surface area contributed by atoms with Crippen LogP contribution in [0, 0.1) is 11.8 Å². The molecule has 0 aliphatic rings. The number of hydrogen-bond donors (Lipinski definition) is 2. The lowest BCUT2D eigenvalue weighted by molar-refractivity contribution is -0.142. The molecular weight excluding hydrogens is 345 g/mol. The molecule has 3 N–H and O–H groups in total. The van der Waals surface area contributed by atoms with Crippen molar-refractivity contribution in [2.45, 2.75) is 39.0 Å². The van der Waals surface area contributed by atoms with Crippen LogP contribution in [0.25, 0.3) is 0 Å². The first-order valence-corrected chi connectivity index (χ1v) is 8.59. The van der Waals surface area contributed by atoms with Gasteiger partial charge in [-0.2, -0.15) is 0 Å². The first-order chi connectivity index (χ1) is 10.4. The van der Waals surface area contributed by atoms with Gasteiger partial charge in [-0.15, -0.1) is 0 Å². The number of nitrogens with two attached hydrogens (primary N) is 1. The quantitative estimate of drug-likeness (QED) is 0.601. The van der Waals surface area contributed by atoms with Crippen LogP contribution < -0.4 is 5.73 Å². The van der Waals surface area contributed by atoms with E-state index in [4.69, 9.17) is 45.6 Å². The Hall–Kier alpha value is -0.480. The van der Waals surface area contributed by atoms with E-state index >= 15 is 0 Å². The molecule has 0 aromatic heterocycles. The number of hydrogen-bond acceptors (Lipinski definition) is 2. The minimum atomic E-state index is -0.812. The van der Waals surface area contributed by atoms with Crippen molar-refractivity contribution in [3.63, 3.8) is 0 Å². The Morgan fingerprint density at radius 3 is 2.50 bits per heavy atom. The van der Waals surface area contributed by atoms with E-state index in [9.17, 15) is 4.79 Å². The largest absolute Gasteiger partial charge is 0.481 e. The van der Waals surface area contributed by atoms with E-state index in [2.05, 4.69) is 6.92 Å². The fourth-order valence-corrected chi connectivity index (χ4v) is 3.18. The molecule has 1 aromatic carbocycles. The van der Waals surface area contributed by atoms with Crippen LogP contribution in [-0.4, -0.2) is 17.6 Å². The van der Waals surface area contributed by atoms with Crippen LogP contribution in [0.3, 0.4) is 0 Å². The Bertz CT molecular complexity index is 508. The summed E-state index contributed by atoms with van der Waals surface area (Å²) < 4.78 is 0. The first-order valence-electron chi connectivity index (χ1n) is 7.45. The summed E-state index contributed by atoms with van der Waals surface area (Å²) in [6.45, 7) is 2.26. The highest BCUT2D eigenvalue weighted by atomic mass is 35.5. The molecule has 2 unspecified atom stereocenters. The van der Waals surface area contributed by atoms with Gasteiger partial charge in [-0.3, -0.25) is 4.79 Å². The summed E-state index contributed by atoms with van der Waals surface area (Å²) in [5, 5.41) is 10.4. The maximum absolute atomic E-state index is 11.1. The molecule has 2 atom stereocenters. The van der Waals surface area contributed by atoms with E-state index in [-0.39, 0.29) is 6.54 Å². The average molecular weight is 367 g/mol. The van der Waals surface area contributed by atoms with Crippen LogP contribution >= 0.6 is 34.8 Å². The zero-order chi connectivity index (χ0) is 16.7. The average Bonchev–Trinajstić information content (AvgIpc) is 2.50.